The zero-order valence-corrected chi connectivity index (χ0v) is 16.2. The summed E-state index contributed by atoms with van der Waals surface area (Å²) in [5.74, 6) is 0. The number of pyridine rings is 1. The summed E-state index contributed by atoms with van der Waals surface area (Å²) in [6, 6.07) is 8.85. The largest absolute Gasteiger partial charge is 0.347 e. The molecule has 0 radical (unpaired) electrons. The van der Waals surface area contributed by atoms with Gasteiger partial charge in [-0.2, -0.15) is 0 Å². The van der Waals surface area contributed by atoms with Crippen molar-refractivity contribution in [1.82, 2.24) is 14.5 Å². The first-order valence-corrected chi connectivity index (χ1v) is 9.43. The second-order valence-electron chi connectivity index (χ2n) is 7.60. The minimum Gasteiger partial charge on any atom is -0.347 e. The van der Waals surface area contributed by atoms with Gasteiger partial charge in [0.1, 0.15) is 0 Å². The molecule has 3 heterocycles. The van der Waals surface area contributed by atoms with E-state index in [1.54, 1.807) is 5.56 Å². The Morgan fingerprint density at radius 3 is 2.58 bits per heavy atom. The van der Waals surface area contributed by atoms with Gasteiger partial charge in [-0.1, -0.05) is 18.2 Å². The molecule has 0 atom stereocenters. The number of fused-ring (bicyclic) bond motifs is 3. The van der Waals surface area contributed by atoms with Gasteiger partial charge in [0.15, 0.2) is 0 Å². The van der Waals surface area contributed by atoms with Crippen molar-refractivity contribution in [2.45, 2.75) is 26.7 Å². The first-order chi connectivity index (χ1) is 12.5. The maximum atomic E-state index is 4.40. The predicted molar refractivity (Wildman–Crippen MR) is 110 cm³/mol. The van der Waals surface area contributed by atoms with Gasteiger partial charge in [0.25, 0.3) is 0 Å². The SMILES string of the molecule is Cc1cc(/C=C/c2ccc(C)nc2)c2c(c1)c1c(n2C)CCN(C)CC1. The van der Waals surface area contributed by atoms with Crippen LogP contribution in [0.25, 0.3) is 23.1 Å². The molecule has 3 nitrogen and oxygen atoms in total. The summed E-state index contributed by atoms with van der Waals surface area (Å²) in [5.41, 5.74) is 9.22. The first-order valence-electron chi connectivity index (χ1n) is 9.43. The van der Waals surface area contributed by atoms with Crippen LogP contribution in [0.5, 0.6) is 0 Å². The number of likely N-dealkylation sites (N-methyl/N-ethyl adjacent to an activating group) is 1. The molecule has 3 heteroatoms. The Bertz CT molecular complexity index is 977. The van der Waals surface area contributed by atoms with E-state index in [0.29, 0.717) is 0 Å². The zero-order valence-electron chi connectivity index (χ0n) is 16.2. The monoisotopic (exact) mass is 345 g/mol. The summed E-state index contributed by atoms with van der Waals surface area (Å²) < 4.78 is 2.43. The van der Waals surface area contributed by atoms with E-state index in [0.717, 1.165) is 37.2 Å². The summed E-state index contributed by atoms with van der Waals surface area (Å²) in [6.45, 7) is 6.50. The van der Waals surface area contributed by atoms with Crippen LogP contribution in [-0.2, 0) is 19.9 Å². The Morgan fingerprint density at radius 2 is 1.81 bits per heavy atom. The van der Waals surface area contributed by atoms with Crippen LogP contribution >= 0.6 is 0 Å². The molecule has 0 fully saturated rings. The lowest BCUT2D eigenvalue weighted by atomic mass is 10.0. The van der Waals surface area contributed by atoms with Gasteiger partial charge in [0, 0.05) is 49.5 Å². The topological polar surface area (TPSA) is 21.1 Å². The summed E-state index contributed by atoms with van der Waals surface area (Å²) in [4.78, 5) is 6.84. The molecular weight excluding hydrogens is 318 g/mol. The summed E-state index contributed by atoms with van der Waals surface area (Å²) in [6.07, 6.45) is 8.62. The van der Waals surface area contributed by atoms with E-state index in [-0.39, 0.29) is 0 Å². The molecule has 0 bridgehead atoms. The molecule has 3 aromatic rings. The fourth-order valence-corrected chi connectivity index (χ4v) is 4.10. The highest BCUT2D eigenvalue weighted by Crippen LogP contribution is 2.32. The Hall–Kier alpha value is -2.39. The highest BCUT2D eigenvalue weighted by molar-refractivity contribution is 5.95. The van der Waals surface area contributed by atoms with Crippen molar-refractivity contribution in [2.75, 3.05) is 20.1 Å². The second kappa shape index (κ2) is 6.73. The molecule has 4 rings (SSSR count). The summed E-state index contributed by atoms with van der Waals surface area (Å²) in [5, 5.41) is 1.43. The third-order valence-electron chi connectivity index (χ3n) is 5.56. The van der Waals surface area contributed by atoms with Gasteiger partial charge in [0.2, 0.25) is 0 Å². The van der Waals surface area contributed by atoms with Gasteiger partial charge in [-0.3, -0.25) is 4.98 Å². The average Bonchev–Trinajstić information content (AvgIpc) is 2.76. The molecule has 0 N–H and O–H groups in total. The maximum Gasteiger partial charge on any atom is 0.0556 e. The van der Waals surface area contributed by atoms with Gasteiger partial charge in [-0.15, -0.1) is 0 Å². The molecule has 134 valence electrons. The molecule has 0 spiro atoms. The van der Waals surface area contributed by atoms with Crippen molar-refractivity contribution >= 4 is 23.1 Å². The molecule has 26 heavy (non-hydrogen) atoms. The van der Waals surface area contributed by atoms with E-state index in [4.69, 9.17) is 0 Å². The normalized spacial score (nSPS) is 15.5. The maximum absolute atomic E-state index is 4.40. The zero-order chi connectivity index (χ0) is 18.3. The van der Waals surface area contributed by atoms with Crippen LogP contribution in [0, 0.1) is 13.8 Å². The average molecular weight is 345 g/mol. The number of hydrogen-bond donors (Lipinski definition) is 0. The summed E-state index contributed by atoms with van der Waals surface area (Å²) in [7, 11) is 4.45. The van der Waals surface area contributed by atoms with Crippen molar-refractivity contribution < 1.29 is 0 Å². The molecular formula is C23H27N3. The standard InChI is InChI=1S/C23H27N3/c1-16-13-19(8-7-18-6-5-17(2)24-15-18)23-21(14-16)20-9-11-25(3)12-10-22(20)26(23)4/h5-8,13-15H,9-12H2,1-4H3/b8-7+. The van der Waals surface area contributed by atoms with Crippen molar-refractivity contribution in [1.29, 1.82) is 0 Å². The third kappa shape index (κ3) is 3.08. The van der Waals surface area contributed by atoms with Crippen molar-refractivity contribution in [2.24, 2.45) is 7.05 Å². The summed E-state index contributed by atoms with van der Waals surface area (Å²) >= 11 is 0. The predicted octanol–water partition coefficient (Wildman–Crippen LogP) is 4.39. The lowest BCUT2D eigenvalue weighted by Gasteiger charge is -2.13. The van der Waals surface area contributed by atoms with Crippen LogP contribution in [0.15, 0.2) is 30.5 Å². The van der Waals surface area contributed by atoms with Gasteiger partial charge in [-0.25, -0.2) is 0 Å². The number of benzene rings is 1. The van der Waals surface area contributed by atoms with Crippen LogP contribution in [0.4, 0.5) is 0 Å². The lowest BCUT2D eigenvalue weighted by Crippen LogP contribution is -2.21. The Balaban J connectivity index is 1.83. The van der Waals surface area contributed by atoms with E-state index in [1.165, 1.54) is 27.7 Å². The number of aryl methyl sites for hydroxylation is 3. The molecule has 0 aliphatic carbocycles. The Morgan fingerprint density at radius 1 is 1.00 bits per heavy atom. The van der Waals surface area contributed by atoms with E-state index in [1.807, 2.05) is 13.1 Å². The van der Waals surface area contributed by atoms with Crippen molar-refractivity contribution in [3.05, 3.63) is 64.1 Å². The minimum atomic E-state index is 1.05. The number of hydrogen-bond acceptors (Lipinski definition) is 2. The molecule has 2 aromatic heterocycles. The fourth-order valence-electron chi connectivity index (χ4n) is 4.10. The molecule has 0 saturated carbocycles. The van der Waals surface area contributed by atoms with Crippen LogP contribution < -0.4 is 0 Å². The van der Waals surface area contributed by atoms with Crippen LogP contribution in [0.2, 0.25) is 0 Å². The van der Waals surface area contributed by atoms with Crippen LogP contribution in [0.3, 0.4) is 0 Å². The van der Waals surface area contributed by atoms with E-state index >= 15 is 0 Å². The van der Waals surface area contributed by atoms with Crippen LogP contribution in [-0.4, -0.2) is 34.6 Å². The fraction of sp³-hybridized carbons (Fsp3) is 0.348. The number of rotatable bonds is 2. The lowest BCUT2D eigenvalue weighted by molar-refractivity contribution is 0.351. The molecule has 1 aromatic carbocycles. The highest BCUT2D eigenvalue weighted by Gasteiger charge is 2.20. The molecule has 1 aliphatic heterocycles. The Labute approximate surface area is 156 Å². The van der Waals surface area contributed by atoms with Gasteiger partial charge in [0.05, 0.1) is 5.52 Å². The molecule has 0 amide bonds. The number of aromatic nitrogens is 2. The van der Waals surface area contributed by atoms with Gasteiger partial charge in [-0.05, 0) is 67.8 Å². The van der Waals surface area contributed by atoms with Gasteiger partial charge < -0.3 is 9.47 Å². The minimum absolute atomic E-state index is 1.05. The molecule has 0 unspecified atom stereocenters. The van der Waals surface area contributed by atoms with E-state index < -0.39 is 0 Å². The quantitative estimate of drug-likeness (QED) is 0.687. The Kier molecular flexibility index (Phi) is 4.41. The smallest absolute Gasteiger partial charge is 0.0556 e. The molecule has 1 aliphatic rings. The number of nitrogens with zero attached hydrogens (tertiary/aromatic N) is 3. The van der Waals surface area contributed by atoms with E-state index in [9.17, 15) is 0 Å². The third-order valence-corrected chi connectivity index (χ3v) is 5.56. The van der Waals surface area contributed by atoms with Crippen molar-refractivity contribution in [3.63, 3.8) is 0 Å². The van der Waals surface area contributed by atoms with Gasteiger partial charge >= 0.3 is 0 Å². The molecule has 0 saturated heterocycles. The van der Waals surface area contributed by atoms with Crippen LogP contribution in [0.1, 0.15) is 33.6 Å². The second-order valence-corrected chi connectivity index (χ2v) is 7.60. The first kappa shape index (κ1) is 17.0. The van der Waals surface area contributed by atoms with Crippen molar-refractivity contribution in [3.8, 4) is 0 Å². The van der Waals surface area contributed by atoms with E-state index in [2.05, 4.69) is 71.9 Å². The highest BCUT2D eigenvalue weighted by atomic mass is 15.1.